The first-order valence-corrected chi connectivity index (χ1v) is 24.0. The zero-order valence-corrected chi connectivity index (χ0v) is 40.2. The smallest absolute Gasteiger partial charge is 0.326 e. The van der Waals surface area contributed by atoms with Gasteiger partial charge in [-0.2, -0.15) is 0 Å². The summed E-state index contributed by atoms with van der Waals surface area (Å²) in [6, 6.07) is -1.32. The second-order valence-corrected chi connectivity index (χ2v) is 16.4. The van der Waals surface area contributed by atoms with Gasteiger partial charge in [0.2, 0.25) is 27.4 Å². The Labute approximate surface area is 389 Å². The highest BCUT2D eigenvalue weighted by molar-refractivity contribution is 14.1. The molecule has 0 saturated heterocycles. The van der Waals surface area contributed by atoms with Crippen molar-refractivity contribution >= 4 is 84.8 Å². The second-order valence-electron chi connectivity index (χ2n) is 14.7. The molecule has 0 saturated carbocycles. The van der Waals surface area contributed by atoms with Crippen LogP contribution < -0.4 is 24.8 Å². The number of halogens is 2. The predicted molar refractivity (Wildman–Crippen MR) is 246 cm³/mol. The molecule has 20 heteroatoms. The summed E-state index contributed by atoms with van der Waals surface area (Å²) in [7, 11) is 0. The van der Waals surface area contributed by atoms with Crippen molar-refractivity contribution in [3.05, 3.63) is 0 Å². The summed E-state index contributed by atoms with van der Waals surface area (Å²) in [5, 5.41) is 28.8. The molecule has 0 unspecified atom stereocenters. The van der Waals surface area contributed by atoms with Crippen LogP contribution in [0.25, 0.3) is 0 Å². The summed E-state index contributed by atoms with van der Waals surface area (Å²) in [5.41, 5.74) is 0. The molecule has 7 N–H and O–H groups in total. The van der Waals surface area contributed by atoms with E-state index in [0.717, 1.165) is 51.4 Å². The van der Waals surface area contributed by atoms with Crippen LogP contribution in [0.4, 0.5) is 0 Å². The summed E-state index contributed by atoms with van der Waals surface area (Å²) in [6.45, 7) is 2.10. The van der Waals surface area contributed by atoms with Crippen LogP contribution in [0.3, 0.4) is 0 Å². The third-order valence-electron chi connectivity index (χ3n) is 9.33. The van der Waals surface area contributed by atoms with Gasteiger partial charge < -0.3 is 50.4 Å². The Balaban J connectivity index is 3.65. The molecule has 18 nitrogen and oxygen atoms in total. The van der Waals surface area contributed by atoms with E-state index in [4.69, 9.17) is 24.1 Å². The monoisotopic (exact) mass is 1100 g/mol. The Morgan fingerprint density at radius 2 is 0.885 bits per heavy atom. The molecule has 0 spiro atoms. The Morgan fingerprint density at radius 1 is 0.443 bits per heavy atom. The van der Waals surface area contributed by atoms with Gasteiger partial charge in [-0.1, -0.05) is 77.0 Å². The molecule has 4 amide bonds. The minimum Gasteiger partial charge on any atom is -0.481 e. The summed E-state index contributed by atoms with van der Waals surface area (Å²) < 4.78 is 24.3. The van der Waals surface area contributed by atoms with E-state index >= 15 is 0 Å². The summed E-state index contributed by atoms with van der Waals surface area (Å²) in [5.74, 6) is -3.12. The van der Waals surface area contributed by atoms with Gasteiger partial charge in [-0.15, -0.1) is 0 Å². The molecule has 0 fully saturated rings. The minimum absolute atomic E-state index is 0.0261. The van der Waals surface area contributed by atoms with Crippen molar-refractivity contribution in [2.45, 2.75) is 147 Å². The van der Waals surface area contributed by atoms with Crippen molar-refractivity contribution in [1.29, 1.82) is 0 Å². The third kappa shape index (κ3) is 41.5. The maximum absolute atomic E-state index is 12.3. The van der Waals surface area contributed by atoms with Crippen LogP contribution in [-0.4, -0.2) is 134 Å². The Morgan fingerprint density at radius 3 is 1.34 bits per heavy atom. The number of carbonyl (C=O) groups excluding carboxylic acids is 5. The molecule has 0 rings (SSSR count). The normalized spacial score (nSPS) is 12.0. The quantitative estimate of drug-likeness (QED) is 0.0192. The number of nitrogens with one attached hydrogen (secondary N) is 5. The molecule has 2 atom stereocenters. The molecule has 61 heavy (non-hydrogen) atoms. The summed E-state index contributed by atoms with van der Waals surface area (Å²) in [4.78, 5) is 81.8. The molecule has 0 radical (unpaired) electrons. The maximum Gasteiger partial charge on any atom is 0.326 e. The van der Waals surface area contributed by atoms with Crippen molar-refractivity contribution in [2.75, 3.05) is 72.5 Å². The zero-order valence-electron chi connectivity index (χ0n) is 35.9. The Bertz CT molecular complexity index is 1210. The zero-order chi connectivity index (χ0) is 45.2. The lowest BCUT2D eigenvalue weighted by Gasteiger charge is -2.14. The SMILES string of the molecule is O=C(O)CCCCCCCCCCCCCCCCC(=O)N[C@@H](CCC(=O)NCCOCCOCC(=O)NCCOCCOCC(=O)NCCCC[C@H](NI)C(=O)I)C(=O)O. The van der Waals surface area contributed by atoms with E-state index in [0.29, 0.717) is 19.4 Å². The van der Waals surface area contributed by atoms with Crippen molar-refractivity contribution in [2.24, 2.45) is 0 Å². The molecular formula is C41H73I2N5O13. The topological polar surface area (TPSA) is 257 Å². The number of carbonyl (C=O) groups is 7. The van der Waals surface area contributed by atoms with Gasteiger partial charge in [0, 0.05) is 84.4 Å². The van der Waals surface area contributed by atoms with Gasteiger partial charge >= 0.3 is 11.9 Å². The van der Waals surface area contributed by atoms with Crippen molar-refractivity contribution in [3.8, 4) is 0 Å². The van der Waals surface area contributed by atoms with Gasteiger partial charge in [-0.3, -0.25) is 28.8 Å². The molecule has 0 aliphatic rings. The van der Waals surface area contributed by atoms with Gasteiger partial charge in [-0.25, -0.2) is 8.32 Å². The first kappa shape index (κ1) is 58.8. The Kier molecular flexibility index (Phi) is 41.4. The van der Waals surface area contributed by atoms with E-state index in [1.807, 2.05) is 22.9 Å². The summed E-state index contributed by atoms with van der Waals surface area (Å²) in [6.07, 6.45) is 17.8. The molecule has 0 bridgehead atoms. The number of carboxylic acids is 2. The number of ether oxygens (including phenoxy) is 4. The number of carboxylic acid groups (broad SMARTS) is 2. The van der Waals surface area contributed by atoms with Crippen LogP contribution >= 0.6 is 45.5 Å². The van der Waals surface area contributed by atoms with Crippen LogP contribution in [0.1, 0.15) is 135 Å². The van der Waals surface area contributed by atoms with Crippen LogP contribution in [0.2, 0.25) is 0 Å². The van der Waals surface area contributed by atoms with E-state index < -0.39 is 18.0 Å². The van der Waals surface area contributed by atoms with Crippen LogP contribution in [0, 0.1) is 0 Å². The fourth-order valence-corrected chi connectivity index (χ4v) is 7.54. The molecule has 0 aromatic heterocycles. The standard InChI is InChI=1S/C41H73I2N5O13/c42-40(55)33(48-43)17-15-16-22-44-37(51)31-60-29-28-59-26-24-46-38(52)32-61-30-27-58-25-23-45-35(49)21-20-34(41(56)57)47-36(50)18-13-11-9-7-5-3-1-2-4-6-8-10-12-14-19-39(53)54/h33-34,48H,1-32H2,(H,44,51)(H,45,49)(H,46,52)(H,47,50)(H,53,54)(H,56,57)/t33-,34-/m0/s1. The summed E-state index contributed by atoms with van der Waals surface area (Å²) >= 11 is 3.74. The van der Waals surface area contributed by atoms with Crippen LogP contribution in [0.5, 0.6) is 0 Å². The maximum atomic E-state index is 12.3. The molecular weight excluding hydrogens is 1020 g/mol. The molecule has 354 valence electrons. The first-order chi connectivity index (χ1) is 29.5. The largest absolute Gasteiger partial charge is 0.481 e. The number of hydrogen-bond donors (Lipinski definition) is 7. The van der Waals surface area contributed by atoms with Crippen LogP contribution in [-0.2, 0) is 52.5 Å². The number of hydrogen-bond acceptors (Lipinski definition) is 12. The number of rotatable bonds is 45. The molecule has 0 aliphatic heterocycles. The Hall–Kier alpha value is -2.25. The van der Waals surface area contributed by atoms with Gasteiger partial charge in [0.25, 0.3) is 0 Å². The van der Waals surface area contributed by atoms with E-state index in [2.05, 4.69) is 24.8 Å². The fraction of sp³-hybridized carbons (Fsp3) is 0.829. The highest BCUT2D eigenvalue weighted by atomic mass is 127. The first-order valence-electron chi connectivity index (χ1n) is 21.9. The lowest BCUT2D eigenvalue weighted by molar-refractivity contribution is -0.142. The molecule has 0 heterocycles. The van der Waals surface area contributed by atoms with Gasteiger partial charge in [0.05, 0.1) is 45.7 Å². The second kappa shape index (κ2) is 43.0. The van der Waals surface area contributed by atoms with Crippen molar-refractivity contribution in [3.63, 3.8) is 0 Å². The highest BCUT2D eigenvalue weighted by Crippen LogP contribution is 2.14. The van der Waals surface area contributed by atoms with E-state index in [1.165, 1.54) is 44.9 Å². The lowest BCUT2D eigenvalue weighted by atomic mass is 10.0. The molecule has 0 aliphatic carbocycles. The number of aliphatic carboxylic acids is 2. The minimum atomic E-state index is -1.18. The molecule has 0 aromatic rings. The fourth-order valence-electron chi connectivity index (χ4n) is 5.88. The van der Waals surface area contributed by atoms with Gasteiger partial charge in [0.15, 0.2) is 0 Å². The van der Waals surface area contributed by atoms with Crippen molar-refractivity contribution in [1.82, 2.24) is 24.8 Å². The molecule has 0 aromatic carbocycles. The number of unbranched alkanes of at least 4 members (excludes halogenated alkanes) is 14. The average Bonchev–Trinajstić information content (AvgIpc) is 3.22. The predicted octanol–water partition coefficient (Wildman–Crippen LogP) is 4.52. The number of amides is 4. The van der Waals surface area contributed by atoms with E-state index in [1.54, 1.807) is 22.6 Å². The van der Waals surface area contributed by atoms with Crippen molar-refractivity contribution < 1.29 is 62.7 Å². The van der Waals surface area contributed by atoms with Gasteiger partial charge in [0.1, 0.15) is 19.3 Å². The average molecular weight is 1100 g/mol. The third-order valence-corrected chi connectivity index (χ3v) is 10.8. The van der Waals surface area contributed by atoms with E-state index in [9.17, 15) is 38.7 Å². The van der Waals surface area contributed by atoms with E-state index in [-0.39, 0.29) is 125 Å². The highest BCUT2D eigenvalue weighted by Gasteiger charge is 2.21. The van der Waals surface area contributed by atoms with Crippen LogP contribution in [0.15, 0.2) is 0 Å². The lowest BCUT2D eigenvalue weighted by Crippen LogP contribution is -2.41. The van der Waals surface area contributed by atoms with Gasteiger partial charge in [-0.05, 0) is 38.5 Å².